The van der Waals surface area contributed by atoms with Crippen LogP contribution in [-0.4, -0.2) is 39.7 Å². The first-order valence-electron chi connectivity index (χ1n) is 8.45. The number of thioether (sulfide) groups is 1. The van der Waals surface area contributed by atoms with E-state index in [1.807, 2.05) is 16.7 Å². The van der Waals surface area contributed by atoms with Crippen molar-refractivity contribution in [1.29, 1.82) is 0 Å². The summed E-state index contributed by atoms with van der Waals surface area (Å²) in [5.74, 6) is 0.919. The summed E-state index contributed by atoms with van der Waals surface area (Å²) in [6.45, 7) is 0.409. The van der Waals surface area contributed by atoms with E-state index in [1.54, 1.807) is 37.4 Å². The van der Waals surface area contributed by atoms with Crippen molar-refractivity contribution < 1.29 is 14.3 Å². The predicted octanol–water partition coefficient (Wildman–Crippen LogP) is 4.66. The van der Waals surface area contributed by atoms with E-state index in [1.165, 1.54) is 11.8 Å². The van der Waals surface area contributed by atoms with Crippen LogP contribution in [0.5, 0.6) is 5.75 Å². The van der Waals surface area contributed by atoms with Crippen LogP contribution in [0.2, 0.25) is 10.0 Å². The van der Waals surface area contributed by atoms with Gasteiger partial charge in [0.05, 0.1) is 19.4 Å². The zero-order valence-electron chi connectivity index (χ0n) is 14.8. The van der Waals surface area contributed by atoms with Crippen molar-refractivity contribution in [3.63, 3.8) is 0 Å². The minimum Gasteiger partial charge on any atom is -0.495 e. The third kappa shape index (κ3) is 3.70. The third-order valence-electron chi connectivity index (χ3n) is 4.23. The second-order valence-corrected chi connectivity index (χ2v) is 8.07. The zero-order valence-corrected chi connectivity index (χ0v) is 17.1. The number of carbonyl (C=O) groups is 1. The van der Waals surface area contributed by atoms with Gasteiger partial charge in [0.25, 0.3) is 0 Å². The van der Waals surface area contributed by atoms with Crippen molar-refractivity contribution in [2.24, 2.45) is 0 Å². The van der Waals surface area contributed by atoms with Crippen molar-refractivity contribution in [1.82, 2.24) is 14.8 Å². The van der Waals surface area contributed by atoms with Gasteiger partial charge in [-0.15, -0.1) is 10.2 Å². The maximum atomic E-state index is 12.0. The number of hydrogen-bond donors (Lipinski definition) is 0. The first-order chi connectivity index (χ1) is 13.6. The lowest BCUT2D eigenvalue weighted by Crippen LogP contribution is -2.11. The molecule has 1 atom stereocenters. The number of hydrogen-bond acceptors (Lipinski definition) is 6. The molecule has 9 heteroatoms. The second-order valence-electron chi connectivity index (χ2n) is 6.03. The molecule has 28 heavy (non-hydrogen) atoms. The quantitative estimate of drug-likeness (QED) is 0.543. The largest absolute Gasteiger partial charge is 0.495 e. The number of methoxy groups -OCH3 is 1. The van der Waals surface area contributed by atoms with Crippen LogP contribution in [-0.2, 0) is 9.53 Å². The number of carbonyl (C=O) groups excluding carboxylic acids is 1. The molecule has 0 bridgehead atoms. The molecule has 0 aliphatic carbocycles. The Morgan fingerprint density at radius 3 is 2.71 bits per heavy atom. The molecule has 1 aliphatic rings. The lowest BCUT2D eigenvalue weighted by molar-refractivity contribution is -0.137. The molecular weight excluding hydrogens is 421 g/mol. The van der Waals surface area contributed by atoms with Gasteiger partial charge in [0.2, 0.25) is 0 Å². The zero-order chi connectivity index (χ0) is 19.7. The summed E-state index contributed by atoms with van der Waals surface area (Å²) >= 11 is 13.7. The molecule has 0 saturated carbocycles. The van der Waals surface area contributed by atoms with Gasteiger partial charge in [0, 0.05) is 22.0 Å². The van der Waals surface area contributed by atoms with Crippen LogP contribution in [0.15, 0.2) is 47.6 Å². The maximum absolute atomic E-state index is 12.0. The molecule has 0 radical (unpaired) electrons. The molecule has 1 aliphatic heterocycles. The van der Waals surface area contributed by atoms with Gasteiger partial charge in [-0.25, -0.2) is 0 Å². The van der Waals surface area contributed by atoms with Crippen molar-refractivity contribution >= 4 is 40.9 Å². The van der Waals surface area contributed by atoms with Gasteiger partial charge < -0.3 is 9.47 Å². The topological polar surface area (TPSA) is 66.2 Å². The first kappa shape index (κ1) is 19.1. The summed E-state index contributed by atoms with van der Waals surface area (Å²) < 4.78 is 12.4. The van der Waals surface area contributed by atoms with Crippen molar-refractivity contribution in [3.05, 3.63) is 52.5 Å². The molecule has 144 valence electrons. The number of rotatable bonds is 5. The minimum atomic E-state index is -0.333. The Hall–Kier alpha value is -2.22. The Morgan fingerprint density at radius 1 is 1.18 bits per heavy atom. The van der Waals surface area contributed by atoms with Gasteiger partial charge in [0.15, 0.2) is 11.0 Å². The SMILES string of the molecule is COc1ccc(Cl)cc1-n1c(S[C@@H]2CCOC2=O)nnc1-c1cccc(Cl)c1. The summed E-state index contributed by atoms with van der Waals surface area (Å²) in [7, 11) is 1.58. The van der Waals surface area contributed by atoms with E-state index in [4.69, 9.17) is 32.7 Å². The molecular formula is C19H15Cl2N3O3S. The van der Waals surface area contributed by atoms with Gasteiger partial charge in [-0.3, -0.25) is 9.36 Å². The van der Waals surface area contributed by atoms with E-state index in [2.05, 4.69) is 10.2 Å². The Labute approximate surface area is 175 Å². The highest BCUT2D eigenvalue weighted by atomic mass is 35.5. The molecule has 2 heterocycles. The van der Waals surface area contributed by atoms with Crippen LogP contribution in [0.4, 0.5) is 0 Å². The molecule has 3 aromatic rings. The molecule has 1 saturated heterocycles. The lowest BCUT2D eigenvalue weighted by Gasteiger charge is -2.15. The Kier molecular flexibility index (Phi) is 5.48. The number of benzene rings is 2. The van der Waals surface area contributed by atoms with Crippen LogP contribution in [0.3, 0.4) is 0 Å². The van der Waals surface area contributed by atoms with Crippen LogP contribution in [0.25, 0.3) is 17.1 Å². The predicted molar refractivity (Wildman–Crippen MR) is 109 cm³/mol. The van der Waals surface area contributed by atoms with Crippen LogP contribution in [0, 0.1) is 0 Å². The molecule has 0 unspecified atom stereocenters. The number of esters is 1. The number of aromatic nitrogens is 3. The smallest absolute Gasteiger partial charge is 0.319 e. The number of nitrogens with zero attached hydrogens (tertiary/aromatic N) is 3. The van der Waals surface area contributed by atoms with E-state index in [0.29, 0.717) is 45.5 Å². The monoisotopic (exact) mass is 435 g/mol. The van der Waals surface area contributed by atoms with Gasteiger partial charge in [-0.05, 0) is 30.3 Å². The van der Waals surface area contributed by atoms with Crippen molar-refractivity contribution in [2.45, 2.75) is 16.8 Å². The summed E-state index contributed by atoms with van der Waals surface area (Å²) in [5, 5.41) is 10.0. The van der Waals surface area contributed by atoms with Crippen LogP contribution in [0.1, 0.15) is 6.42 Å². The summed E-state index contributed by atoms with van der Waals surface area (Å²) in [5.41, 5.74) is 1.45. The van der Waals surface area contributed by atoms with Gasteiger partial charge >= 0.3 is 5.97 Å². The molecule has 1 fully saturated rings. The van der Waals surface area contributed by atoms with Gasteiger partial charge in [-0.2, -0.15) is 0 Å². The molecule has 0 spiro atoms. The van der Waals surface area contributed by atoms with Crippen LogP contribution < -0.4 is 4.74 Å². The number of ether oxygens (including phenoxy) is 2. The Balaban J connectivity index is 1.89. The van der Waals surface area contributed by atoms with E-state index in [9.17, 15) is 4.79 Å². The normalized spacial score (nSPS) is 16.2. The molecule has 1 aromatic heterocycles. The van der Waals surface area contributed by atoms with E-state index in [-0.39, 0.29) is 11.2 Å². The first-order valence-corrected chi connectivity index (χ1v) is 10.1. The van der Waals surface area contributed by atoms with Gasteiger partial charge in [0.1, 0.15) is 11.0 Å². The number of cyclic esters (lactones) is 1. The average Bonchev–Trinajstić information content (AvgIpc) is 3.28. The van der Waals surface area contributed by atoms with Crippen molar-refractivity contribution in [3.8, 4) is 22.8 Å². The Bertz CT molecular complexity index is 1040. The van der Waals surface area contributed by atoms with E-state index in [0.717, 1.165) is 5.56 Å². The fraction of sp³-hybridized carbons (Fsp3) is 0.211. The molecule has 4 rings (SSSR count). The highest BCUT2D eigenvalue weighted by Crippen LogP contribution is 2.37. The number of halogens is 2. The lowest BCUT2D eigenvalue weighted by atomic mass is 10.2. The maximum Gasteiger partial charge on any atom is 0.319 e. The third-order valence-corrected chi connectivity index (χ3v) is 5.89. The standard InChI is InChI=1S/C19H15Cl2N3O3S/c1-26-15-6-5-13(21)10-14(15)24-17(11-3-2-4-12(20)9-11)22-23-19(24)28-16-7-8-27-18(16)25/h2-6,9-10,16H,7-8H2,1H3/t16-/m1/s1. The van der Waals surface area contributed by atoms with Crippen LogP contribution >= 0.6 is 35.0 Å². The molecule has 0 N–H and O–H groups in total. The summed E-state index contributed by atoms with van der Waals surface area (Å²) in [6, 6.07) is 12.6. The molecule has 0 amide bonds. The fourth-order valence-electron chi connectivity index (χ4n) is 2.93. The average molecular weight is 436 g/mol. The van der Waals surface area contributed by atoms with E-state index < -0.39 is 0 Å². The highest BCUT2D eigenvalue weighted by molar-refractivity contribution is 8.00. The minimum absolute atomic E-state index is 0.248. The van der Waals surface area contributed by atoms with E-state index >= 15 is 0 Å². The highest BCUT2D eigenvalue weighted by Gasteiger charge is 2.31. The molecule has 2 aromatic carbocycles. The Morgan fingerprint density at radius 2 is 2.00 bits per heavy atom. The summed E-state index contributed by atoms with van der Waals surface area (Å²) in [6.07, 6.45) is 0.621. The fourth-order valence-corrected chi connectivity index (χ4v) is 4.30. The second kappa shape index (κ2) is 8.03. The van der Waals surface area contributed by atoms with Crippen molar-refractivity contribution in [2.75, 3.05) is 13.7 Å². The molecule has 6 nitrogen and oxygen atoms in total. The summed E-state index contributed by atoms with van der Waals surface area (Å²) in [4.78, 5) is 12.0. The van der Waals surface area contributed by atoms with Gasteiger partial charge in [-0.1, -0.05) is 47.1 Å².